The van der Waals surface area contributed by atoms with Crippen molar-refractivity contribution in [2.24, 2.45) is 22.7 Å². The van der Waals surface area contributed by atoms with E-state index in [4.69, 9.17) is 9.47 Å². The topological polar surface area (TPSA) is 79.2 Å². The Morgan fingerprint density at radius 1 is 1.00 bits per heavy atom. The first kappa shape index (κ1) is 18.2. The van der Waals surface area contributed by atoms with Gasteiger partial charge in [-0.05, 0) is 50.4 Å². The lowest BCUT2D eigenvalue weighted by atomic mass is 9.43. The highest BCUT2D eigenvalue weighted by Gasteiger charge is 2.70. The fourth-order valence-electron chi connectivity index (χ4n) is 7.06. The van der Waals surface area contributed by atoms with Gasteiger partial charge in [-0.1, -0.05) is 20.8 Å². The van der Waals surface area contributed by atoms with Crippen molar-refractivity contribution in [2.45, 2.75) is 89.3 Å². The minimum Gasteiger partial charge on any atom is -0.396 e. The van der Waals surface area contributed by atoms with E-state index in [2.05, 4.69) is 13.8 Å². The van der Waals surface area contributed by atoms with Gasteiger partial charge in [-0.3, -0.25) is 0 Å². The van der Waals surface area contributed by atoms with Crippen LogP contribution in [-0.4, -0.2) is 52.1 Å². The first-order valence-electron chi connectivity index (χ1n) is 10.0. The molecule has 0 amide bonds. The van der Waals surface area contributed by atoms with E-state index >= 15 is 0 Å². The van der Waals surface area contributed by atoms with Gasteiger partial charge >= 0.3 is 0 Å². The Morgan fingerprint density at radius 3 is 2.40 bits per heavy atom. The molecule has 8 atom stereocenters. The van der Waals surface area contributed by atoms with Crippen molar-refractivity contribution >= 4 is 0 Å². The fourth-order valence-corrected chi connectivity index (χ4v) is 7.06. The summed E-state index contributed by atoms with van der Waals surface area (Å²) in [4.78, 5) is 0. The van der Waals surface area contributed by atoms with Crippen LogP contribution in [0.25, 0.3) is 0 Å². The number of fused-ring (bicyclic) bond motifs is 2. The predicted octanol–water partition coefficient (Wildman–Crippen LogP) is 2.22. The number of aliphatic hydroxyl groups excluding tert-OH is 3. The quantitative estimate of drug-likeness (QED) is 0.673. The Balaban J connectivity index is 1.75. The standard InChI is InChI=1S/C20H34O5/c1-13-4-5-14-17(2,12-21)15(22)6-7-18(14,3)20(13)9-8-19(25-20)10-11-24-16(19)23/h13-16,21-23H,4-12H2,1-3H3/t13-,14+,15+,16-,17+,18+,19-,20-/m1/s1. The van der Waals surface area contributed by atoms with Crippen LogP contribution in [-0.2, 0) is 9.47 Å². The number of ether oxygens (including phenoxy) is 2. The zero-order chi connectivity index (χ0) is 18.1. The predicted molar refractivity (Wildman–Crippen MR) is 92.8 cm³/mol. The summed E-state index contributed by atoms with van der Waals surface area (Å²) in [6, 6.07) is 0. The molecule has 144 valence electrons. The minimum atomic E-state index is -0.832. The van der Waals surface area contributed by atoms with Gasteiger partial charge in [0.1, 0.15) is 5.60 Å². The molecule has 2 aliphatic heterocycles. The number of hydrogen-bond acceptors (Lipinski definition) is 5. The molecule has 4 aliphatic rings. The monoisotopic (exact) mass is 354 g/mol. The van der Waals surface area contributed by atoms with Gasteiger partial charge in [-0.15, -0.1) is 0 Å². The molecular weight excluding hydrogens is 320 g/mol. The molecule has 4 fully saturated rings. The summed E-state index contributed by atoms with van der Waals surface area (Å²) >= 11 is 0. The van der Waals surface area contributed by atoms with Gasteiger partial charge in [-0.25, -0.2) is 0 Å². The Bertz CT molecular complexity index is 540. The Hall–Kier alpha value is -0.200. The second-order valence-electron chi connectivity index (χ2n) is 9.70. The summed E-state index contributed by atoms with van der Waals surface area (Å²) in [5, 5.41) is 31.2. The van der Waals surface area contributed by atoms with Crippen LogP contribution in [0.1, 0.15) is 65.7 Å². The molecule has 4 rings (SSSR count). The van der Waals surface area contributed by atoms with Gasteiger partial charge in [-0.2, -0.15) is 0 Å². The molecule has 0 aromatic rings. The highest BCUT2D eigenvalue weighted by Crippen LogP contribution is 2.68. The van der Waals surface area contributed by atoms with E-state index in [9.17, 15) is 15.3 Å². The average Bonchev–Trinajstić information content (AvgIpc) is 3.15. The van der Waals surface area contributed by atoms with Gasteiger partial charge < -0.3 is 24.8 Å². The molecule has 0 aromatic heterocycles. The molecule has 2 heterocycles. The van der Waals surface area contributed by atoms with Crippen LogP contribution in [0, 0.1) is 22.7 Å². The van der Waals surface area contributed by atoms with Crippen LogP contribution in [0.15, 0.2) is 0 Å². The summed E-state index contributed by atoms with van der Waals surface area (Å²) in [6.45, 7) is 7.20. The highest BCUT2D eigenvalue weighted by molar-refractivity contribution is 5.18. The Kier molecular flexibility index (Phi) is 4.11. The van der Waals surface area contributed by atoms with Crippen molar-refractivity contribution in [3.05, 3.63) is 0 Å². The van der Waals surface area contributed by atoms with Gasteiger partial charge in [0, 0.05) is 17.3 Å². The van der Waals surface area contributed by atoms with E-state index in [0.29, 0.717) is 18.9 Å². The fraction of sp³-hybridized carbons (Fsp3) is 1.00. The summed E-state index contributed by atoms with van der Waals surface area (Å²) < 4.78 is 12.3. The molecule has 0 unspecified atom stereocenters. The maximum absolute atomic E-state index is 10.7. The molecule has 5 heteroatoms. The van der Waals surface area contributed by atoms with Crippen molar-refractivity contribution in [2.75, 3.05) is 13.2 Å². The van der Waals surface area contributed by atoms with Gasteiger partial charge in [0.25, 0.3) is 0 Å². The van der Waals surface area contributed by atoms with E-state index in [1.165, 1.54) is 0 Å². The van der Waals surface area contributed by atoms with Gasteiger partial charge in [0.2, 0.25) is 0 Å². The molecule has 3 N–H and O–H groups in total. The number of rotatable bonds is 1. The van der Waals surface area contributed by atoms with E-state index in [1.807, 2.05) is 6.92 Å². The first-order chi connectivity index (χ1) is 11.7. The van der Waals surface area contributed by atoms with Crippen molar-refractivity contribution in [3.63, 3.8) is 0 Å². The number of hydrogen-bond donors (Lipinski definition) is 3. The van der Waals surface area contributed by atoms with Crippen LogP contribution >= 0.6 is 0 Å². The maximum Gasteiger partial charge on any atom is 0.184 e. The van der Waals surface area contributed by atoms with Gasteiger partial charge in [0.15, 0.2) is 6.29 Å². The summed E-state index contributed by atoms with van der Waals surface area (Å²) in [6.07, 6.45) is 4.89. The SMILES string of the molecule is C[C@@H]1CC[C@H]2[C@](C)(CO)[C@@H](O)CC[C@]2(C)[C@@]12CC[C@]1(CCO[C@H]1O)O2. The zero-order valence-electron chi connectivity index (χ0n) is 15.8. The van der Waals surface area contributed by atoms with Crippen LogP contribution in [0.2, 0.25) is 0 Å². The lowest BCUT2D eigenvalue weighted by molar-refractivity contribution is -0.286. The molecule has 2 saturated heterocycles. The first-order valence-corrected chi connectivity index (χ1v) is 10.0. The van der Waals surface area contributed by atoms with E-state index in [-0.39, 0.29) is 23.5 Å². The van der Waals surface area contributed by atoms with Crippen LogP contribution in [0.3, 0.4) is 0 Å². The van der Waals surface area contributed by atoms with Crippen molar-refractivity contribution in [1.29, 1.82) is 0 Å². The summed E-state index contributed by atoms with van der Waals surface area (Å²) in [7, 11) is 0. The third kappa shape index (κ3) is 2.13. The second kappa shape index (κ2) is 5.65. The third-order valence-corrected chi connectivity index (χ3v) is 8.81. The van der Waals surface area contributed by atoms with Gasteiger partial charge in [0.05, 0.1) is 24.9 Å². The lowest BCUT2D eigenvalue weighted by Crippen LogP contribution is -2.66. The molecule has 0 radical (unpaired) electrons. The van der Waals surface area contributed by atoms with Crippen LogP contribution in [0.4, 0.5) is 0 Å². The highest BCUT2D eigenvalue weighted by atomic mass is 16.7. The van der Waals surface area contributed by atoms with E-state index < -0.39 is 23.4 Å². The van der Waals surface area contributed by atoms with E-state index in [1.54, 1.807) is 0 Å². The smallest absolute Gasteiger partial charge is 0.184 e. The number of aliphatic hydroxyl groups is 3. The normalized spacial score (nSPS) is 58.8. The lowest BCUT2D eigenvalue weighted by Gasteiger charge is -2.65. The Morgan fingerprint density at radius 2 is 1.76 bits per heavy atom. The Labute approximate surface area is 150 Å². The van der Waals surface area contributed by atoms with Crippen molar-refractivity contribution < 1.29 is 24.8 Å². The summed E-state index contributed by atoms with van der Waals surface area (Å²) in [5.41, 5.74) is -1.46. The third-order valence-electron chi connectivity index (χ3n) is 8.81. The van der Waals surface area contributed by atoms with Crippen LogP contribution < -0.4 is 0 Å². The molecule has 25 heavy (non-hydrogen) atoms. The zero-order valence-corrected chi connectivity index (χ0v) is 15.8. The molecule has 0 aromatic carbocycles. The largest absolute Gasteiger partial charge is 0.396 e. The van der Waals surface area contributed by atoms with Crippen molar-refractivity contribution in [3.8, 4) is 0 Å². The molecule has 2 aliphatic carbocycles. The van der Waals surface area contributed by atoms with Crippen LogP contribution in [0.5, 0.6) is 0 Å². The maximum atomic E-state index is 10.7. The second-order valence-corrected chi connectivity index (χ2v) is 9.70. The molecule has 0 bridgehead atoms. The minimum absolute atomic E-state index is 0.00969. The molecule has 2 spiro atoms. The summed E-state index contributed by atoms with van der Waals surface area (Å²) in [5.74, 6) is 0.624. The van der Waals surface area contributed by atoms with E-state index in [0.717, 1.165) is 38.5 Å². The molecule has 5 nitrogen and oxygen atoms in total. The molecular formula is C20H34O5. The average molecular weight is 354 g/mol. The van der Waals surface area contributed by atoms with Crippen molar-refractivity contribution in [1.82, 2.24) is 0 Å². The molecule has 2 saturated carbocycles.